The van der Waals surface area contributed by atoms with Gasteiger partial charge >= 0.3 is 0 Å². The molecule has 104 valence electrons. The molecule has 1 fully saturated rings. The van der Waals surface area contributed by atoms with Gasteiger partial charge in [0.15, 0.2) is 0 Å². The molecule has 1 aliphatic carbocycles. The van der Waals surface area contributed by atoms with E-state index in [4.69, 9.17) is 0 Å². The molecule has 0 N–H and O–H groups in total. The van der Waals surface area contributed by atoms with E-state index >= 15 is 0 Å². The maximum Gasteiger partial charge on any atom is 0.0795 e. The van der Waals surface area contributed by atoms with Crippen molar-refractivity contribution in [3.63, 3.8) is 0 Å². The Balaban J connectivity index is 2.61. The highest BCUT2D eigenvalue weighted by atomic mass is 79.9. The van der Waals surface area contributed by atoms with Gasteiger partial charge in [0.05, 0.1) is 15.8 Å². The van der Waals surface area contributed by atoms with Crippen molar-refractivity contribution in [1.29, 1.82) is 0 Å². The van der Waals surface area contributed by atoms with E-state index in [2.05, 4.69) is 22.5 Å². The lowest BCUT2D eigenvalue weighted by atomic mass is 10.0. The monoisotopic (exact) mass is 351 g/mol. The van der Waals surface area contributed by atoms with Crippen LogP contribution in [0.25, 0.3) is 0 Å². The molecular weight excluding hydrogens is 330 g/mol. The molecule has 0 saturated heterocycles. The molecule has 1 aliphatic rings. The summed E-state index contributed by atoms with van der Waals surface area (Å²) in [6.07, 6.45) is 5.98. The van der Waals surface area contributed by atoms with Gasteiger partial charge in [-0.1, -0.05) is 41.8 Å². The molecule has 0 amide bonds. The van der Waals surface area contributed by atoms with E-state index in [1.807, 2.05) is 24.4 Å². The molecule has 0 unspecified atom stereocenters. The van der Waals surface area contributed by atoms with Crippen molar-refractivity contribution in [3.05, 3.63) is 21.5 Å². The topological polar surface area (TPSA) is 20.3 Å². The molecule has 1 atom stereocenters. The second kappa shape index (κ2) is 8.43. The van der Waals surface area contributed by atoms with Gasteiger partial charge in [-0.15, -0.1) is 11.8 Å². The second-order valence-corrected chi connectivity index (χ2v) is 8.42. The van der Waals surface area contributed by atoms with Crippen LogP contribution in [-0.2, 0) is 10.8 Å². The predicted octanol–water partition coefficient (Wildman–Crippen LogP) is 4.07. The maximum atomic E-state index is 12.3. The molecule has 1 saturated carbocycles. The first-order valence-electron chi connectivity index (χ1n) is 6.25. The molecule has 1 rings (SSSR count). The van der Waals surface area contributed by atoms with Crippen LogP contribution in [0.1, 0.15) is 32.1 Å². The minimum atomic E-state index is -0.841. The molecule has 0 radical (unpaired) electrons. The van der Waals surface area contributed by atoms with E-state index < -0.39 is 10.8 Å². The standard InChI is InChI=1S/C13H22BrNOS2/c1-11(14)9-17-13(15(2)3)10-18(16)12-7-5-4-6-8-12/h10,12H,1,4-9H2,2-3H3/b13-10-/t18-/m1/s1. The Bertz CT molecular complexity index is 336. The largest absolute Gasteiger partial charge is 0.372 e. The van der Waals surface area contributed by atoms with E-state index in [1.165, 1.54) is 19.3 Å². The number of halogens is 1. The Kier molecular flexibility index (Phi) is 7.64. The van der Waals surface area contributed by atoms with Gasteiger partial charge in [0.25, 0.3) is 0 Å². The lowest BCUT2D eigenvalue weighted by Gasteiger charge is -2.21. The number of hydrogen-bond donors (Lipinski definition) is 0. The third kappa shape index (κ3) is 5.93. The van der Waals surface area contributed by atoms with Gasteiger partial charge in [-0.25, -0.2) is 0 Å². The Morgan fingerprint density at radius 1 is 1.44 bits per heavy atom. The highest BCUT2D eigenvalue weighted by Crippen LogP contribution is 2.27. The van der Waals surface area contributed by atoms with Gasteiger partial charge in [0, 0.05) is 30.5 Å². The van der Waals surface area contributed by atoms with E-state index in [1.54, 1.807) is 11.8 Å². The molecule has 2 nitrogen and oxygen atoms in total. The van der Waals surface area contributed by atoms with Crippen molar-refractivity contribution in [2.75, 3.05) is 19.8 Å². The zero-order valence-corrected chi connectivity index (χ0v) is 14.4. The lowest BCUT2D eigenvalue weighted by Crippen LogP contribution is -2.18. The predicted molar refractivity (Wildman–Crippen MR) is 87.3 cm³/mol. The minimum Gasteiger partial charge on any atom is -0.372 e. The van der Waals surface area contributed by atoms with Crippen molar-refractivity contribution in [2.24, 2.45) is 0 Å². The summed E-state index contributed by atoms with van der Waals surface area (Å²) >= 11 is 5.04. The van der Waals surface area contributed by atoms with Gasteiger partial charge in [0.2, 0.25) is 0 Å². The summed E-state index contributed by atoms with van der Waals surface area (Å²) in [6.45, 7) is 3.83. The van der Waals surface area contributed by atoms with Crippen molar-refractivity contribution >= 4 is 38.5 Å². The first kappa shape index (κ1) is 16.3. The molecular formula is C13H22BrNOS2. The van der Waals surface area contributed by atoms with Crippen LogP contribution in [0.5, 0.6) is 0 Å². The zero-order valence-electron chi connectivity index (χ0n) is 11.2. The third-order valence-corrected chi connectivity index (χ3v) is 6.57. The Morgan fingerprint density at radius 2 is 2.06 bits per heavy atom. The molecule has 0 aromatic carbocycles. The summed E-state index contributed by atoms with van der Waals surface area (Å²) in [5.74, 6) is 0.811. The van der Waals surface area contributed by atoms with Gasteiger partial charge in [0.1, 0.15) is 0 Å². The summed E-state index contributed by atoms with van der Waals surface area (Å²) in [6, 6.07) is 0. The van der Waals surface area contributed by atoms with E-state index in [-0.39, 0.29) is 0 Å². The molecule has 0 aromatic rings. The first-order chi connectivity index (χ1) is 8.50. The maximum absolute atomic E-state index is 12.3. The SMILES string of the molecule is C=C(Br)CS/C(=C\[S@@](=O)C1CCCCC1)N(C)C. The summed E-state index contributed by atoms with van der Waals surface area (Å²) in [5.41, 5.74) is 0. The average molecular weight is 352 g/mol. The summed E-state index contributed by atoms with van der Waals surface area (Å²) in [7, 11) is 3.15. The van der Waals surface area contributed by atoms with Crippen molar-refractivity contribution in [1.82, 2.24) is 4.90 Å². The number of nitrogens with zero attached hydrogens (tertiary/aromatic N) is 1. The highest BCUT2D eigenvalue weighted by molar-refractivity contribution is 9.11. The number of thioether (sulfide) groups is 1. The Labute approximate surface area is 126 Å². The minimum absolute atomic E-state index is 0.362. The van der Waals surface area contributed by atoms with Gasteiger partial charge in [-0.3, -0.25) is 4.21 Å². The number of rotatable bonds is 6. The smallest absolute Gasteiger partial charge is 0.0795 e. The Morgan fingerprint density at radius 3 is 2.56 bits per heavy atom. The van der Waals surface area contributed by atoms with Crippen molar-refractivity contribution in [2.45, 2.75) is 37.4 Å². The van der Waals surface area contributed by atoms with Crippen molar-refractivity contribution < 1.29 is 4.21 Å². The van der Waals surface area contributed by atoms with Gasteiger partial charge in [-0.05, 0) is 17.3 Å². The fourth-order valence-electron chi connectivity index (χ4n) is 1.91. The molecule has 0 spiro atoms. The van der Waals surface area contributed by atoms with Gasteiger partial charge in [-0.2, -0.15) is 0 Å². The third-order valence-electron chi connectivity index (χ3n) is 2.92. The zero-order chi connectivity index (χ0) is 13.5. The molecule has 0 aliphatic heterocycles. The Hall–Kier alpha value is 0.260. The normalized spacial score (nSPS) is 19.6. The van der Waals surface area contributed by atoms with Crippen LogP contribution >= 0.6 is 27.7 Å². The fraction of sp³-hybridized carbons (Fsp3) is 0.692. The summed E-state index contributed by atoms with van der Waals surface area (Å²) < 4.78 is 13.3. The number of hydrogen-bond acceptors (Lipinski definition) is 3. The average Bonchev–Trinajstić information content (AvgIpc) is 2.34. The summed E-state index contributed by atoms with van der Waals surface area (Å²) in [4.78, 5) is 2.03. The van der Waals surface area contributed by atoms with Gasteiger partial charge < -0.3 is 4.90 Å². The summed E-state index contributed by atoms with van der Waals surface area (Å²) in [5, 5.41) is 3.36. The molecule has 0 bridgehead atoms. The fourth-order valence-corrected chi connectivity index (χ4v) is 4.78. The molecule has 18 heavy (non-hydrogen) atoms. The molecule has 0 heterocycles. The lowest BCUT2D eigenvalue weighted by molar-refractivity contribution is 0.506. The van der Waals surface area contributed by atoms with Crippen LogP contribution in [0.3, 0.4) is 0 Å². The van der Waals surface area contributed by atoms with Crippen LogP contribution in [0, 0.1) is 0 Å². The van der Waals surface area contributed by atoms with E-state index in [0.29, 0.717) is 5.25 Å². The molecule has 5 heteroatoms. The molecule has 0 aromatic heterocycles. The van der Waals surface area contributed by atoms with Crippen LogP contribution in [0.4, 0.5) is 0 Å². The van der Waals surface area contributed by atoms with Crippen LogP contribution in [0.2, 0.25) is 0 Å². The van der Waals surface area contributed by atoms with Crippen molar-refractivity contribution in [3.8, 4) is 0 Å². The van der Waals surface area contributed by atoms with Crippen LogP contribution in [0.15, 0.2) is 21.5 Å². The van der Waals surface area contributed by atoms with Crippen LogP contribution < -0.4 is 0 Å². The van der Waals surface area contributed by atoms with E-state index in [0.717, 1.165) is 28.1 Å². The first-order valence-corrected chi connectivity index (χ1v) is 9.30. The second-order valence-electron chi connectivity index (χ2n) is 4.75. The highest BCUT2D eigenvalue weighted by Gasteiger charge is 2.19. The van der Waals surface area contributed by atoms with E-state index in [9.17, 15) is 4.21 Å². The van der Waals surface area contributed by atoms with Crippen LogP contribution in [-0.4, -0.2) is 34.2 Å². The quantitative estimate of drug-likeness (QED) is 0.719.